The first kappa shape index (κ1) is 10.2. The lowest BCUT2D eigenvalue weighted by atomic mass is 10.0. The van der Waals surface area contributed by atoms with Crippen molar-refractivity contribution in [2.24, 2.45) is 11.8 Å². The quantitative estimate of drug-likeness (QED) is 0.630. The minimum absolute atomic E-state index is 0.731. The molecule has 72 valence electrons. The molecule has 1 aliphatic rings. The molecule has 3 unspecified atom stereocenters. The highest BCUT2D eigenvalue weighted by Crippen LogP contribution is 2.42. The van der Waals surface area contributed by atoms with E-state index in [1.165, 1.54) is 12.8 Å². The second kappa shape index (κ2) is 4.39. The van der Waals surface area contributed by atoms with Gasteiger partial charge < -0.3 is 8.85 Å². The summed E-state index contributed by atoms with van der Waals surface area (Å²) in [5.74, 6) is 1.65. The Balaban J connectivity index is 2.51. The molecule has 12 heavy (non-hydrogen) atoms. The summed E-state index contributed by atoms with van der Waals surface area (Å²) in [6.45, 7) is 4.67. The Morgan fingerprint density at radius 3 is 2.00 bits per heavy atom. The van der Waals surface area contributed by atoms with Gasteiger partial charge in [0.1, 0.15) is 0 Å². The molecule has 0 bridgehead atoms. The van der Waals surface area contributed by atoms with Gasteiger partial charge in [-0.05, 0) is 18.3 Å². The lowest BCUT2D eigenvalue weighted by Crippen LogP contribution is -2.28. The fraction of sp³-hybridized carbons (Fsp3) is 1.00. The van der Waals surface area contributed by atoms with Gasteiger partial charge in [0, 0.05) is 19.8 Å². The topological polar surface area (TPSA) is 18.5 Å². The summed E-state index contributed by atoms with van der Waals surface area (Å²) < 4.78 is 10.8. The van der Waals surface area contributed by atoms with Crippen LogP contribution in [0.25, 0.3) is 0 Å². The maximum Gasteiger partial charge on any atom is 0.324 e. The first-order valence-corrected chi connectivity index (χ1v) is 6.37. The van der Waals surface area contributed by atoms with Crippen molar-refractivity contribution >= 4 is 9.28 Å². The predicted octanol–water partition coefficient (Wildman–Crippen LogP) is 1.94. The Morgan fingerprint density at radius 2 is 1.67 bits per heavy atom. The summed E-state index contributed by atoms with van der Waals surface area (Å²) in [6, 6.07) is 0. The molecule has 1 saturated carbocycles. The summed E-state index contributed by atoms with van der Waals surface area (Å²) in [5, 5.41) is 0. The fourth-order valence-electron chi connectivity index (χ4n) is 2.23. The maximum atomic E-state index is 5.42. The van der Waals surface area contributed by atoms with Crippen molar-refractivity contribution in [1.29, 1.82) is 0 Å². The van der Waals surface area contributed by atoms with E-state index in [0.717, 1.165) is 17.4 Å². The van der Waals surface area contributed by atoms with E-state index in [1.54, 1.807) is 14.2 Å². The predicted molar refractivity (Wildman–Crippen MR) is 52.5 cm³/mol. The third kappa shape index (κ3) is 1.89. The molecular formula is C9H20O2Si. The molecule has 0 aromatic heterocycles. The molecule has 3 heteroatoms. The molecule has 1 aliphatic carbocycles. The normalized spacial score (nSPS) is 36.2. The highest BCUT2D eigenvalue weighted by atomic mass is 28.3. The van der Waals surface area contributed by atoms with Gasteiger partial charge in [0.05, 0.1) is 0 Å². The molecule has 2 nitrogen and oxygen atoms in total. The largest absolute Gasteiger partial charge is 0.400 e. The Hall–Kier alpha value is 0.137. The van der Waals surface area contributed by atoms with Crippen molar-refractivity contribution in [2.75, 3.05) is 14.2 Å². The van der Waals surface area contributed by atoms with Crippen molar-refractivity contribution in [3.63, 3.8) is 0 Å². The Bertz CT molecular complexity index is 136. The lowest BCUT2D eigenvalue weighted by Gasteiger charge is -2.23. The molecule has 0 amide bonds. The zero-order valence-corrected chi connectivity index (χ0v) is 9.69. The van der Waals surface area contributed by atoms with Crippen LogP contribution in [0.4, 0.5) is 0 Å². The third-order valence-electron chi connectivity index (χ3n) is 3.34. The molecule has 1 fully saturated rings. The summed E-state index contributed by atoms with van der Waals surface area (Å²) >= 11 is 0. The van der Waals surface area contributed by atoms with Crippen LogP contribution in [0.1, 0.15) is 26.7 Å². The van der Waals surface area contributed by atoms with Crippen molar-refractivity contribution in [3.8, 4) is 0 Å². The summed E-state index contributed by atoms with van der Waals surface area (Å²) in [4.78, 5) is 0. The van der Waals surface area contributed by atoms with Gasteiger partial charge in [-0.25, -0.2) is 0 Å². The van der Waals surface area contributed by atoms with Crippen LogP contribution < -0.4 is 0 Å². The van der Waals surface area contributed by atoms with Gasteiger partial charge in [0.15, 0.2) is 0 Å². The van der Waals surface area contributed by atoms with Gasteiger partial charge in [0.25, 0.3) is 0 Å². The number of hydrogen-bond acceptors (Lipinski definition) is 2. The van der Waals surface area contributed by atoms with Crippen LogP contribution in [-0.4, -0.2) is 23.5 Å². The van der Waals surface area contributed by atoms with Crippen LogP contribution in [0.3, 0.4) is 0 Å². The first-order chi connectivity index (χ1) is 5.70. The van der Waals surface area contributed by atoms with E-state index in [0.29, 0.717) is 0 Å². The molecule has 0 N–H and O–H groups in total. The average Bonchev–Trinajstić information content (AvgIpc) is 2.38. The summed E-state index contributed by atoms with van der Waals surface area (Å²) in [5.41, 5.74) is 0.731. The Kier molecular flexibility index (Phi) is 3.74. The van der Waals surface area contributed by atoms with Crippen LogP contribution >= 0.6 is 0 Å². The van der Waals surface area contributed by atoms with E-state index in [2.05, 4.69) is 13.8 Å². The average molecular weight is 188 g/mol. The van der Waals surface area contributed by atoms with E-state index >= 15 is 0 Å². The van der Waals surface area contributed by atoms with Crippen LogP contribution in [0, 0.1) is 11.8 Å². The molecule has 0 heterocycles. The minimum Gasteiger partial charge on any atom is -0.400 e. The molecule has 0 spiro atoms. The van der Waals surface area contributed by atoms with E-state index in [9.17, 15) is 0 Å². The molecule has 0 radical (unpaired) electrons. The Morgan fingerprint density at radius 1 is 1.08 bits per heavy atom. The van der Waals surface area contributed by atoms with E-state index in [4.69, 9.17) is 8.85 Å². The molecule has 0 aliphatic heterocycles. The molecular weight excluding hydrogens is 168 g/mol. The van der Waals surface area contributed by atoms with Crippen molar-refractivity contribution < 1.29 is 8.85 Å². The molecule has 1 rings (SSSR count). The Labute approximate surface area is 77.1 Å². The van der Waals surface area contributed by atoms with Crippen LogP contribution in [0.15, 0.2) is 0 Å². The standard InChI is InChI=1S/C9H20O2Si/c1-7-5-6-9(8(7)2)12(10-3)11-4/h7-9,12H,5-6H2,1-4H3. The van der Waals surface area contributed by atoms with Crippen molar-refractivity contribution in [3.05, 3.63) is 0 Å². The van der Waals surface area contributed by atoms with Gasteiger partial charge >= 0.3 is 9.28 Å². The molecule has 3 atom stereocenters. The molecule has 0 aromatic carbocycles. The number of hydrogen-bond donors (Lipinski definition) is 0. The first-order valence-electron chi connectivity index (χ1n) is 4.76. The number of rotatable bonds is 3. The summed E-state index contributed by atoms with van der Waals surface area (Å²) in [6.07, 6.45) is 2.66. The van der Waals surface area contributed by atoms with Gasteiger partial charge in [-0.1, -0.05) is 20.3 Å². The zero-order chi connectivity index (χ0) is 9.14. The van der Waals surface area contributed by atoms with E-state index < -0.39 is 9.28 Å². The SMILES string of the molecule is CO[SiH](OC)C1CCC(C)C1C. The van der Waals surface area contributed by atoms with E-state index in [1.807, 2.05) is 0 Å². The highest BCUT2D eigenvalue weighted by Gasteiger charge is 2.37. The minimum atomic E-state index is -1.34. The van der Waals surface area contributed by atoms with E-state index in [-0.39, 0.29) is 0 Å². The summed E-state index contributed by atoms with van der Waals surface area (Å²) in [7, 11) is 2.23. The molecule has 0 saturated heterocycles. The molecule has 0 aromatic rings. The van der Waals surface area contributed by atoms with Crippen LogP contribution in [-0.2, 0) is 8.85 Å². The smallest absolute Gasteiger partial charge is 0.324 e. The lowest BCUT2D eigenvalue weighted by molar-refractivity contribution is 0.253. The van der Waals surface area contributed by atoms with Gasteiger partial charge in [-0.2, -0.15) is 0 Å². The van der Waals surface area contributed by atoms with Crippen molar-refractivity contribution in [1.82, 2.24) is 0 Å². The van der Waals surface area contributed by atoms with Crippen LogP contribution in [0.5, 0.6) is 0 Å². The fourth-order valence-corrected chi connectivity index (χ4v) is 4.46. The highest BCUT2D eigenvalue weighted by molar-refractivity contribution is 6.46. The maximum absolute atomic E-state index is 5.42. The second-order valence-corrected chi connectivity index (χ2v) is 6.45. The zero-order valence-electron chi connectivity index (χ0n) is 8.54. The van der Waals surface area contributed by atoms with Gasteiger partial charge in [-0.3, -0.25) is 0 Å². The van der Waals surface area contributed by atoms with Gasteiger partial charge in [-0.15, -0.1) is 0 Å². The monoisotopic (exact) mass is 188 g/mol. The van der Waals surface area contributed by atoms with Gasteiger partial charge in [0.2, 0.25) is 0 Å². The third-order valence-corrected chi connectivity index (χ3v) is 5.91. The second-order valence-electron chi connectivity index (χ2n) is 3.92. The van der Waals surface area contributed by atoms with Crippen LogP contribution in [0.2, 0.25) is 5.54 Å². The van der Waals surface area contributed by atoms with Crippen molar-refractivity contribution in [2.45, 2.75) is 32.2 Å².